The second kappa shape index (κ2) is 12.0. The Balaban J connectivity index is 1.12. The minimum atomic E-state index is -0.355. The molecule has 0 radical (unpaired) electrons. The molecule has 2 aliphatic rings. The molecule has 0 amide bonds. The van der Waals surface area contributed by atoms with Gasteiger partial charge in [-0.3, -0.25) is 4.90 Å². The summed E-state index contributed by atoms with van der Waals surface area (Å²) in [4.78, 5) is 13.9. The molecule has 3 heterocycles. The Morgan fingerprint density at radius 3 is 2.43 bits per heavy atom. The monoisotopic (exact) mass is 594 g/mol. The normalized spacial score (nSPS) is 19.9. The third-order valence-corrected chi connectivity index (χ3v) is 9.49. The highest BCUT2D eigenvalue weighted by Gasteiger charge is 2.30. The summed E-state index contributed by atoms with van der Waals surface area (Å²) in [5.74, 6) is 0.820. The van der Waals surface area contributed by atoms with Gasteiger partial charge in [0.15, 0.2) is 5.65 Å². The number of anilines is 2. The molecule has 5 aromatic rings. The number of nitrogen functional groups attached to an aromatic ring is 1. The van der Waals surface area contributed by atoms with Gasteiger partial charge in [-0.25, -0.2) is 19.0 Å². The number of aromatic nitrogens is 4. The van der Waals surface area contributed by atoms with E-state index in [2.05, 4.69) is 38.2 Å². The van der Waals surface area contributed by atoms with Crippen LogP contribution < -0.4 is 15.8 Å². The molecular weight excluding hydrogens is 555 g/mol. The van der Waals surface area contributed by atoms with Crippen molar-refractivity contribution in [2.45, 2.75) is 44.3 Å². The van der Waals surface area contributed by atoms with E-state index in [-0.39, 0.29) is 11.9 Å². The van der Waals surface area contributed by atoms with Gasteiger partial charge in [0.2, 0.25) is 0 Å². The summed E-state index contributed by atoms with van der Waals surface area (Å²) < 4.78 is 23.1. The lowest BCUT2D eigenvalue weighted by atomic mass is 9.90. The van der Waals surface area contributed by atoms with Crippen molar-refractivity contribution in [1.29, 1.82) is 0 Å². The fraction of sp³-hybridized carbons (Fsp3) is 0.382. The largest absolute Gasteiger partial charge is 0.496 e. The molecule has 44 heavy (non-hydrogen) atoms. The van der Waals surface area contributed by atoms with Gasteiger partial charge in [0.1, 0.15) is 29.4 Å². The van der Waals surface area contributed by atoms with Gasteiger partial charge in [0.25, 0.3) is 0 Å². The first-order valence-corrected chi connectivity index (χ1v) is 15.5. The maximum Gasteiger partial charge on any atom is 0.164 e. The van der Waals surface area contributed by atoms with E-state index in [1.165, 1.54) is 12.4 Å². The minimum absolute atomic E-state index is 0.217. The van der Waals surface area contributed by atoms with Crippen molar-refractivity contribution in [2.24, 2.45) is 0 Å². The predicted octanol–water partition coefficient (Wildman–Crippen LogP) is 5.72. The number of benzene rings is 3. The van der Waals surface area contributed by atoms with E-state index in [0.29, 0.717) is 46.4 Å². The maximum atomic E-state index is 15.6. The summed E-state index contributed by atoms with van der Waals surface area (Å²) in [6, 6.07) is 18.1. The molecular formula is C34H39FN8O. The molecule has 2 aromatic heterocycles. The minimum Gasteiger partial charge on any atom is -0.496 e. The number of rotatable bonds is 7. The van der Waals surface area contributed by atoms with Gasteiger partial charge in [-0.15, -0.1) is 0 Å². The van der Waals surface area contributed by atoms with Crippen LogP contribution in [0.25, 0.3) is 33.1 Å². The number of nitrogens with zero attached hydrogens (tertiary/aromatic N) is 6. The van der Waals surface area contributed by atoms with E-state index in [1.807, 2.05) is 41.1 Å². The Bertz CT molecular complexity index is 1790. The van der Waals surface area contributed by atoms with Crippen LogP contribution >= 0.6 is 0 Å². The van der Waals surface area contributed by atoms with Crippen LogP contribution in [0.3, 0.4) is 0 Å². The first kappa shape index (κ1) is 28.5. The van der Waals surface area contributed by atoms with E-state index in [4.69, 9.17) is 15.6 Å². The van der Waals surface area contributed by atoms with Crippen LogP contribution in [0.2, 0.25) is 0 Å². The molecule has 0 spiro atoms. The van der Waals surface area contributed by atoms with Gasteiger partial charge < -0.3 is 20.7 Å². The molecule has 7 rings (SSSR count). The predicted molar refractivity (Wildman–Crippen MR) is 173 cm³/mol. The number of nitrogens with two attached hydrogens (primary N) is 1. The number of hydrogen-bond donors (Lipinski definition) is 2. The molecule has 3 N–H and O–H groups in total. The molecule has 1 saturated heterocycles. The highest BCUT2D eigenvalue weighted by Crippen LogP contribution is 2.38. The smallest absolute Gasteiger partial charge is 0.164 e. The number of methoxy groups -OCH3 is 1. The molecule has 2 fully saturated rings. The van der Waals surface area contributed by atoms with Crippen molar-refractivity contribution in [2.75, 3.05) is 51.4 Å². The molecule has 228 valence electrons. The average Bonchev–Trinajstić information content (AvgIpc) is 3.45. The van der Waals surface area contributed by atoms with E-state index in [9.17, 15) is 0 Å². The standard InChI is InChI=1S/C34H39FN8O/c1-41-15-17-42(18-16-41)24-9-11-25(12-10-24)43-34-31(33(36)38-21-39-34)32(40-43)22-7-13-29(28(35)19-22)37-20-23-8-14-30(44-2)27-6-4-3-5-26(23)27/h3-8,13-14,19,21,24-25,37H,9-12,15-18,20H2,1-2H3,(H2,36,38,39). The van der Waals surface area contributed by atoms with E-state index in [0.717, 1.165) is 73.9 Å². The summed E-state index contributed by atoms with van der Waals surface area (Å²) in [7, 11) is 3.87. The quantitative estimate of drug-likeness (QED) is 0.247. The van der Waals surface area contributed by atoms with Crippen molar-refractivity contribution < 1.29 is 9.13 Å². The summed E-state index contributed by atoms with van der Waals surface area (Å²) >= 11 is 0. The number of piperazine rings is 1. The van der Waals surface area contributed by atoms with Crippen molar-refractivity contribution >= 4 is 33.3 Å². The molecule has 0 atom stereocenters. The molecule has 1 aliphatic carbocycles. The van der Waals surface area contributed by atoms with Crippen LogP contribution in [0.5, 0.6) is 5.75 Å². The van der Waals surface area contributed by atoms with E-state index < -0.39 is 0 Å². The average molecular weight is 595 g/mol. The summed E-state index contributed by atoms with van der Waals surface area (Å²) in [5, 5.41) is 11.1. The Morgan fingerprint density at radius 1 is 0.932 bits per heavy atom. The van der Waals surface area contributed by atoms with Crippen molar-refractivity contribution in [1.82, 2.24) is 29.5 Å². The first-order chi connectivity index (χ1) is 21.5. The van der Waals surface area contributed by atoms with Crippen LogP contribution in [0, 0.1) is 5.82 Å². The zero-order chi connectivity index (χ0) is 30.2. The van der Waals surface area contributed by atoms with Gasteiger partial charge in [-0.05, 0) is 61.9 Å². The van der Waals surface area contributed by atoms with Gasteiger partial charge in [0, 0.05) is 49.7 Å². The van der Waals surface area contributed by atoms with Gasteiger partial charge in [0.05, 0.1) is 24.2 Å². The van der Waals surface area contributed by atoms with Crippen molar-refractivity contribution in [3.05, 3.63) is 72.3 Å². The molecule has 9 nitrogen and oxygen atoms in total. The Morgan fingerprint density at radius 2 is 1.68 bits per heavy atom. The van der Waals surface area contributed by atoms with Gasteiger partial charge in [-0.1, -0.05) is 36.4 Å². The third-order valence-electron chi connectivity index (χ3n) is 9.49. The topological polar surface area (TPSA) is 97.4 Å². The van der Waals surface area contributed by atoms with Crippen LogP contribution in [0.4, 0.5) is 15.9 Å². The van der Waals surface area contributed by atoms with Gasteiger partial charge in [-0.2, -0.15) is 5.10 Å². The van der Waals surface area contributed by atoms with Crippen molar-refractivity contribution in [3.63, 3.8) is 0 Å². The summed E-state index contributed by atoms with van der Waals surface area (Å²) in [6.45, 7) is 5.00. The number of nitrogens with one attached hydrogen (secondary N) is 1. The number of ether oxygens (including phenoxy) is 1. The fourth-order valence-corrected chi connectivity index (χ4v) is 6.97. The number of likely N-dealkylation sites (N-methyl/N-ethyl adjacent to an activating group) is 1. The highest BCUT2D eigenvalue weighted by atomic mass is 19.1. The molecule has 1 saturated carbocycles. The molecule has 10 heteroatoms. The Kier molecular flexibility index (Phi) is 7.78. The lowest BCUT2D eigenvalue weighted by molar-refractivity contribution is 0.0815. The first-order valence-electron chi connectivity index (χ1n) is 15.5. The lowest BCUT2D eigenvalue weighted by Gasteiger charge is -2.41. The Hall–Kier alpha value is -4.28. The second-order valence-electron chi connectivity index (χ2n) is 12.1. The second-order valence-corrected chi connectivity index (χ2v) is 12.1. The fourth-order valence-electron chi connectivity index (χ4n) is 6.97. The van der Waals surface area contributed by atoms with E-state index >= 15 is 4.39 Å². The third kappa shape index (κ3) is 5.33. The van der Waals surface area contributed by atoms with Crippen LogP contribution in [0.1, 0.15) is 37.3 Å². The summed E-state index contributed by atoms with van der Waals surface area (Å²) in [5.41, 5.74) is 9.84. The van der Waals surface area contributed by atoms with Crippen LogP contribution in [-0.2, 0) is 6.54 Å². The number of hydrogen-bond acceptors (Lipinski definition) is 8. The van der Waals surface area contributed by atoms with Crippen LogP contribution in [-0.4, -0.2) is 75.9 Å². The number of fused-ring (bicyclic) bond motifs is 2. The molecule has 1 aliphatic heterocycles. The molecule has 0 unspecified atom stereocenters. The maximum absolute atomic E-state index is 15.6. The zero-order valence-corrected chi connectivity index (χ0v) is 25.3. The summed E-state index contributed by atoms with van der Waals surface area (Å²) in [6.07, 6.45) is 5.79. The van der Waals surface area contributed by atoms with Gasteiger partial charge >= 0.3 is 0 Å². The van der Waals surface area contributed by atoms with E-state index in [1.54, 1.807) is 13.2 Å². The lowest BCUT2D eigenvalue weighted by Crippen LogP contribution is -2.49. The zero-order valence-electron chi connectivity index (χ0n) is 25.3. The number of halogens is 1. The van der Waals surface area contributed by atoms with Crippen molar-refractivity contribution in [3.8, 4) is 17.0 Å². The van der Waals surface area contributed by atoms with Crippen LogP contribution in [0.15, 0.2) is 60.9 Å². The molecule has 0 bridgehead atoms. The SMILES string of the molecule is COc1ccc(CNc2ccc(-c3nn(C4CCC(N5CCN(C)CC5)CC4)c4ncnc(N)c34)cc2F)c2ccccc12. The Labute approximate surface area is 256 Å². The molecule has 3 aromatic carbocycles. The highest BCUT2D eigenvalue weighted by molar-refractivity contribution is 5.98.